The highest BCUT2D eigenvalue weighted by Gasteiger charge is 2.33. The summed E-state index contributed by atoms with van der Waals surface area (Å²) in [6.07, 6.45) is 0. The fraction of sp³-hybridized carbons (Fsp3) is 0.286. The summed E-state index contributed by atoms with van der Waals surface area (Å²) in [5.74, 6) is -0.574. The number of anilines is 1. The molecule has 2 amide bonds. The third kappa shape index (κ3) is 6.93. The van der Waals surface area contributed by atoms with Crippen LogP contribution in [0.5, 0.6) is 5.75 Å². The lowest BCUT2D eigenvalue weighted by Crippen LogP contribution is -2.50. The van der Waals surface area contributed by atoms with Crippen LogP contribution in [0.3, 0.4) is 0 Å². The van der Waals surface area contributed by atoms with Crippen molar-refractivity contribution in [3.05, 3.63) is 88.4 Å². The smallest absolute Gasteiger partial charge is 0.264 e. The highest BCUT2D eigenvalue weighted by molar-refractivity contribution is 9.10. The van der Waals surface area contributed by atoms with E-state index < -0.39 is 28.5 Å². The second-order valence-electron chi connectivity index (χ2n) is 8.67. The minimum atomic E-state index is -4.17. The Balaban J connectivity index is 2.09. The first-order chi connectivity index (χ1) is 18.1. The molecule has 0 saturated heterocycles. The van der Waals surface area contributed by atoms with E-state index in [2.05, 4.69) is 21.2 Å². The van der Waals surface area contributed by atoms with Crippen LogP contribution in [0.2, 0.25) is 0 Å². The van der Waals surface area contributed by atoms with Gasteiger partial charge in [-0.3, -0.25) is 13.9 Å². The SMILES string of the molecule is CCOc1ccccc1N(CC(=O)N(Cc1cccc(Br)c1)C(C)C(=O)NC)S(=O)(=O)c1ccc(C)cc1. The summed E-state index contributed by atoms with van der Waals surface area (Å²) in [7, 11) is -2.68. The van der Waals surface area contributed by atoms with Gasteiger partial charge in [-0.1, -0.05) is 57.9 Å². The zero-order valence-electron chi connectivity index (χ0n) is 21.8. The third-order valence-electron chi connectivity index (χ3n) is 5.98. The molecule has 10 heteroatoms. The van der Waals surface area contributed by atoms with Crippen LogP contribution in [0, 0.1) is 6.92 Å². The molecule has 0 aromatic heterocycles. The molecule has 0 bridgehead atoms. The molecule has 1 unspecified atom stereocenters. The fourth-order valence-electron chi connectivity index (χ4n) is 3.92. The van der Waals surface area contributed by atoms with Crippen molar-refractivity contribution in [2.75, 3.05) is 24.5 Å². The molecule has 0 heterocycles. The number of para-hydroxylation sites is 2. The van der Waals surface area contributed by atoms with Gasteiger partial charge >= 0.3 is 0 Å². The lowest BCUT2D eigenvalue weighted by molar-refractivity contribution is -0.139. The van der Waals surface area contributed by atoms with Crippen LogP contribution in [-0.2, 0) is 26.2 Å². The van der Waals surface area contributed by atoms with Crippen LogP contribution in [0.1, 0.15) is 25.0 Å². The lowest BCUT2D eigenvalue weighted by Gasteiger charge is -2.32. The largest absolute Gasteiger partial charge is 0.492 e. The van der Waals surface area contributed by atoms with Gasteiger partial charge in [0.15, 0.2) is 0 Å². The second-order valence-corrected chi connectivity index (χ2v) is 11.4. The van der Waals surface area contributed by atoms with Gasteiger partial charge in [-0.05, 0) is 62.7 Å². The van der Waals surface area contributed by atoms with Gasteiger partial charge in [0.25, 0.3) is 10.0 Å². The van der Waals surface area contributed by atoms with E-state index in [0.29, 0.717) is 12.4 Å². The zero-order chi connectivity index (χ0) is 27.9. The number of benzene rings is 3. The summed E-state index contributed by atoms with van der Waals surface area (Å²) in [6, 6.07) is 19.6. The Kier molecular flexibility index (Phi) is 9.93. The number of halogens is 1. The molecule has 0 saturated carbocycles. The van der Waals surface area contributed by atoms with Gasteiger partial charge in [-0.15, -0.1) is 0 Å². The molecule has 202 valence electrons. The second kappa shape index (κ2) is 12.9. The summed E-state index contributed by atoms with van der Waals surface area (Å²) in [5.41, 5.74) is 1.92. The third-order valence-corrected chi connectivity index (χ3v) is 8.24. The number of likely N-dealkylation sites (N-methyl/N-ethyl adjacent to an activating group) is 1. The maximum atomic E-state index is 13.9. The maximum absolute atomic E-state index is 13.9. The van der Waals surface area contributed by atoms with E-state index in [4.69, 9.17) is 4.74 Å². The number of nitrogens with one attached hydrogen (secondary N) is 1. The summed E-state index contributed by atoms with van der Waals surface area (Å²) in [4.78, 5) is 27.9. The molecule has 3 aromatic carbocycles. The van der Waals surface area contributed by atoms with E-state index in [0.717, 1.165) is 19.9 Å². The van der Waals surface area contributed by atoms with Gasteiger partial charge in [-0.2, -0.15) is 0 Å². The first kappa shape index (κ1) is 29.2. The number of ether oxygens (including phenoxy) is 1. The zero-order valence-corrected chi connectivity index (χ0v) is 24.3. The Morgan fingerprint density at radius 3 is 2.34 bits per heavy atom. The summed E-state index contributed by atoms with van der Waals surface area (Å²) >= 11 is 3.44. The van der Waals surface area contributed by atoms with Gasteiger partial charge in [0, 0.05) is 18.1 Å². The van der Waals surface area contributed by atoms with Crippen LogP contribution < -0.4 is 14.4 Å². The predicted octanol–water partition coefficient (Wildman–Crippen LogP) is 4.51. The standard InChI is InChI=1S/C28H32BrN3O5S/c1-5-37-26-12-7-6-11-25(26)32(38(35,36)24-15-13-20(2)14-16-24)19-27(33)31(21(3)28(34)30-4)18-22-9-8-10-23(29)17-22/h6-17,21H,5,18-19H2,1-4H3,(H,30,34). The molecule has 1 atom stereocenters. The minimum Gasteiger partial charge on any atom is -0.492 e. The highest BCUT2D eigenvalue weighted by atomic mass is 79.9. The van der Waals surface area contributed by atoms with Gasteiger partial charge < -0.3 is 15.0 Å². The minimum absolute atomic E-state index is 0.0418. The Bertz CT molecular complexity index is 1380. The van der Waals surface area contributed by atoms with Crippen molar-refractivity contribution < 1.29 is 22.7 Å². The van der Waals surface area contributed by atoms with E-state index in [-0.39, 0.29) is 23.0 Å². The van der Waals surface area contributed by atoms with Crippen molar-refractivity contribution in [3.8, 4) is 5.75 Å². The quantitative estimate of drug-likeness (QED) is 0.349. The number of sulfonamides is 1. The van der Waals surface area contributed by atoms with Crippen LogP contribution in [0.4, 0.5) is 5.69 Å². The van der Waals surface area contributed by atoms with E-state index in [1.54, 1.807) is 50.2 Å². The lowest BCUT2D eigenvalue weighted by atomic mass is 10.1. The number of hydrogen-bond donors (Lipinski definition) is 1. The van der Waals surface area contributed by atoms with Crippen LogP contribution in [0.15, 0.2) is 82.2 Å². The van der Waals surface area contributed by atoms with E-state index in [1.807, 2.05) is 31.2 Å². The molecular weight excluding hydrogens is 570 g/mol. The molecule has 3 rings (SSSR count). The molecular formula is C28H32BrN3O5S. The van der Waals surface area contributed by atoms with Gasteiger partial charge in [0.05, 0.1) is 17.2 Å². The summed E-state index contributed by atoms with van der Waals surface area (Å²) < 4.78 is 35.5. The molecule has 0 spiro atoms. The van der Waals surface area contributed by atoms with E-state index in [1.165, 1.54) is 24.1 Å². The van der Waals surface area contributed by atoms with Gasteiger partial charge in [0.2, 0.25) is 11.8 Å². The Morgan fingerprint density at radius 1 is 1.03 bits per heavy atom. The van der Waals surface area contributed by atoms with Crippen molar-refractivity contribution in [1.29, 1.82) is 0 Å². The molecule has 0 aliphatic rings. The van der Waals surface area contributed by atoms with Crippen molar-refractivity contribution in [1.82, 2.24) is 10.2 Å². The average Bonchev–Trinajstić information content (AvgIpc) is 2.90. The van der Waals surface area contributed by atoms with E-state index in [9.17, 15) is 18.0 Å². The molecule has 0 aliphatic heterocycles. The van der Waals surface area contributed by atoms with Crippen LogP contribution >= 0.6 is 15.9 Å². The summed E-state index contributed by atoms with van der Waals surface area (Å²) in [5, 5.41) is 2.58. The maximum Gasteiger partial charge on any atom is 0.264 e. The molecule has 1 N–H and O–H groups in total. The van der Waals surface area contributed by atoms with Crippen molar-refractivity contribution >= 4 is 43.5 Å². The van der Waals surface area contributed by atoms with Crippen LogP contribution in [0.25, 0.3) is 0 Å². The molecule has 0 aliphatic carbocycles. The first-order valence-electron chi connectivity index (χ1n) is 12.1. The molecule has 3 aromatic rings. The Labute approximate surface area is 232 Å². The topological polar surface area (TPSA) is 96.0 Å². The normalized spacial score (nSPS) is 11.9. The number of rotatable bonds is 11. The van der Waals surface area contributed by atoms with Gasteiger partial charge in [-0.25, -0.2) is 8.42 Å². The molecule has 8 nitrogen and oxygen atoms in total. The Morgan fingerprint density at radius 2 is 1.71 bits per heavy atom. The molecule has 38 heavy (non-hydrogen) atoms. The number of aryl methyl sites for hydroxylation is 1. The predicted molar refractivity (Wildman–Crippen MR) is 152 cm³/mol. The monoisotopic (exact) mass is 601 g/mol. The van der Waals surface area contributed by atoms with Crippen LogP contribution in [-0.4, -0.2) is 51.4 Å². The molecule has 0 fully saturated rings. The number of carbonyl (C=O) groups is 2. The average molecular weight is 603 g/mol. The highest BCUT2D eigenvalue weighted by Crippen LogP contribution is 2.33. The van der Waals surface area contributed by atoms with Crippen molar-refractivity contribution in [2.24, 2.45) is 0 Å². The number of nitrogens with zero attached hydrogens (tertiary/aromatic N) is 2. The summed E-state index contributed by atoms with van der Waals surface area (Å²) in [6.45, 7) is 5.16. The van der Waals surface area contributed by atoms with Crippen molar-refractivity contribution in [2.45, 2.75) is 38.3 Å². The number of carbonyl (C=O) groups excluding carboxylic acids is 2. The number of amides is 2. The molecule has 0 radical (unpaired) electrons. The van der Waals surface area contributed by atoms with Crippen molar-refractivity contribution in [3.63, 3.8) is 0 Å². The van der Waals surface area contributed by atoms with Gasteiger partial charge in [0.1, 0.15) is 18.3 Å². The first-order valence-corrected chi connectivity index (χ1v) is 14.4. The van der Waals surface area contributed by atoms with E-state index >= 15 is 0 Å². The fourth-order valence-corrected chi connectivity index (χ4v) is 5.79. The number of hydrogen-bond acceptors (Lipinski definition) is 5. The Hall–Kier alpha value is -3.37.